The zero-order valence-corrected chi connectivity index (χ0v) is 10.8. The molecule has 1 aliphatic heterocycles. The Kier molecular flexibility index (Phi) is 3.13. The van der Waals surface area contributed by atoms with Gasteiger partial charge in [-0.15, -0.1) is 0 Å². The van der Waals surface area contributed by atoms with E-state index in [4.69, 9.17) is 10.3 Å². The summed E-state index contributed by atoms with van der Waals surface area (Å²) in [6, 6.07) is 0. The van der Waals surface area contributed by atoms with Gasteiger partial charge in [-0.1, -0.05) is 18.0 Å². The van der Waals surface area contributed by atoms with Gasteiger partial charge in [-0.05, 0) is 31.4 Å². The third-order valence-electron chi connectivity index (χ3n) is 3.80. The zero-order valence-electron chi connectivity index (χ0n) is 10.0. The lowest BCUT2D eigenvalue weighted by molar-refractivity contribution is 0.327. The van der Waals surface area contributed by atoms with Crippen molar-refractivity contribution in [3.63, 3.8) is 0 Å². The normalized spacial score (nSPS) is 27.7. The largest absolute Gasteiger partial charge is 0.339 e. The van der Waals surface area contributed by atoms with Crippen LogP contribution in [-0.4, -0.2) is 21.4 Å². The minimum atomic E-state index is -0.0907. The van der Waals surface area contributed by atoms with Crippen LogP contribution in [0.4, 0.5) is 0 Å². The molecule has 2 aliphatic rings. The molecule has 0 aromatic carbocycles. The molecule has 0 spiro atoms. The van der Waals surface area contributed by atoms with Gasteiger partial charge >= 0.3 is 0 Å². The predicted molar refractivity (Wildman–Crippen MR) is 67.8 cm³/mol. The Bertz CT molecular complexity index is 381. The van der Waals surface area contributed by atoms with Crippen LogP contribution in [0.5, 0.6) is 0 Å². The van der Waals surface area contributed by atoms with Crippen LogP contribution in [0.2, 0.25) is 0 Å². The van der Waals surface area contributed by atoms with E-state index in [-0.39, 0.29) is 5.54 Å². The fraction of sp³-hybridized carbons (Fsp3) is 0.833. The van der Waals surface area contributed by atoms with Crippen molar-refractivity contribution < 1.29 is 4.52 Å². The summed E-state index contributed by atoms with van der Waals surface area (Å²) < 4.78 is 5.35. The third-order valence-corrected chi connectivity index (χ3v) is 5.18. The van der Waals surface area contributed by atoms with Gasteiger partial charge < -0.3 is 10.3 Å². The fourth-order valence-electron chi connectivity index (χ4n) is 2.81. The molecular weight excluding hydrogens is 234 g/mol. The Morgan fingerprint density at radius 1 is 1.35 bits per heavy atom. The molecule has 1 unspecified atom stereocenters. The monoisotopic (exact) mass is 253 g/mol. The number of nitrogens with zero attached hydrogens (tertiary/aromatic N) is 2. The van der Waals surface area contributed by atoms with Crippen molar-refractivity contribution >= 4 is 11.8 Å². The van der Waals surface area contributed by atoms with Gasteiger partial charge in [0, 0.05) is 12.0 Å². The summed E-state index contributed by atoms with van der Waals surface area (Å²) in [7, 11) is 0. The van der Waals surface area contributed by atoms with Gasteiger partial charge in [-0.2, -0.15) is 16.7 Å². The number of aromatic nitrogens is 2. The maximum absolute atomic E-state index is 6.32. The molecule has 4 nitrogen and oxygen atoms in total. The molecule has 1 aromatic rings. The standard InChI is InChI=1S/C12H19N3OS/c13-12(5-1-2-6-12)8-10-14-11(15-16-10)9-4-3-7-17-9/h9H,1-8,13H2. The summed E-state index contributed by atoms with van der Waals surface area (Å²) in [5.41, 5.74) is 6.23. The second kappa shape index (κ2) is 4.61. The molecule has 2 fully saturated rings. The van der Waals surface area contributed by atoms with Crippen LogP contribution >= 0.6 is 11.8 Å². The first-order valence-corrected chi connectivity index (χ1v) is 7.53. The van der Waals surface area contributed by atoms with E-state index in [2.05, 4.69) is 10.1 Å². The lowest BCUT2D eigenvalue weighted by Crippen LogP contribution is -2.38. The SMILES string of the molecule is NC1(Cc2nc(C3CCCS3)no2)CCCC1. The van der Waals surface area contributed by atoms with Crippen LogP contribution in [0.15, 0.2) is 4.52 Å². The Hall–Kier alpha value is -0.550. The van der Waals surface area contributed by atoms with E-state index in [0.29, 0.717) is 5.25 Å². The van der Waals surface area contributed by atoms with Gasteiger partial charge in [0.15, 0.2) is 5.82 Å². The Balaban J connectivity index is 1.67. The molecule has 0 bridgehead atoms. The first kappa shape index (κ1) is 11.5. The highest BCUT2D eigenvalue weighted by Crippen LogP contribution is 2.38. The summed E-state index contributed by atoms with van der Waals surface area (Å²) in [6.45, 7) is 0. The van der Waals surface area contributed by atoms with Crippen molar-refractivity contribution in [2.24, 2.45) is 5.73 Å². The van der Waals surface area contributed by atoms with Gasteiger partial charge in [-0.3, -0.25) is 0 Å². The molecular formula is C12H19N3OS. The number of nitrogens with two attached hydrogens (primary N) is 1. The number of thioether (sulfide) groups is 1. The first-order chi connectivity index (χ1) is 8.25. The molecule has 2 N–H and O–H groups in total. The Labute approximate surface area is 106 Å². The molecule has 1 aromatic heterocycles. The van der Waals surface area contributed by atoms with E-state index < -0.39 is 0 Å². The predicted octanol–water partition coefficient (Wildman–Crippen LogP) is 2.45. The molecule has 2 heterocycles. The van der Waals surface area contributed by atoms with Crippen LogP contribution in [-0.2, 0) is 6.42 Å². The van der Waals surface area contributed by atoms with Crippen LogP contribution < -0.4 is 5.73 Å². The first-order valence-electron chi connectivity index (χ1n) is 6.48. The lowest BCUT2D eigenvalue weighted by atomic mass is 9.95. The number of hydrogen-bond donors (Lipinski definition) is 1. The molecule has 94 valence electrons. The highest BCUT2D eigenvalue weighted by molar-refractivity contribution is 7.99. The average molecular weight is 253 g/mol. The Morgan fingerprint density at radius 2 is 2.18 bits per heavy atom. The molecule has 3 rings (SSSR count). The Morgan fingerprint density at radius 3 is 2.88 bits per heavy atom. The van der Waals surface area contributed by atoms with Crippen molar-refractivity contribution in [2.75, 3.05) is 5.75 Å². The van der Waals surface area contributed by atoms with Crippen LogP contribution in [0, 0.1) is 0 Å². The fourth-order valence-corrected chi connectivity index (χ4v) is 4.00. The van der Waals surface area contributed by atoms with Crippen molar-refractivity contribution in [3.8, 4) is 0 Å². The average Bonchev–Trinajstić information content (AvgIpc) is 2.98. The second-order valence-corrected chi connectivity index (χ2v) is 6.60. The molecule has 17 heavy (non-hydrogen) atoms. The van der Waals surface area contributed by atoms with E-state index in [1.807, 2.05) is 11.8 Å². The van der Waals surface area contributed by atoms with Gasteiger partial charge in [-0.25, -0.2) is 0 Å². The van der Waals surface area contributed by atoms with Crippen molar-refractivity contribution in [1.82, 2.24) is 10.1 Å². The number of rotatable bonds is 3. The van der Waals surface area contributed by atoms with E-state index in [1.54, 1.807) is 0 Å². The minimum Gasteiger partial charge on any atom is -0.339 e. The van der Waals surface area contributed by atoms with Gasteiger partial charge in [0.05, 0.1) is 5.25 Å². The summed E-state index contributed by atoms with van der Waals surface area (Å²) in [6.07, 6.45) is 7.83. The topological polar surface area (TPSA) is 64.9 Å². The van der Waals surface area contributed by atoms with Crippen molar-refractivity contribution in [2.45, 2.75) is 55.7 Å². The molecule has 0 amide bonds. The highest BCUT2D eigenvalue weighted by Gasteiger charge is 2.32. The lowest BCUT2D eigenvalue weighted by Gasteiger charge is -2.20. The molecule has 0 radical (unpaired) electrons. The quantitative estimate of drug-likeness (QED) is 0.896. The van der Waals surface area contributed by atoms with Gasteiger partial charge in [0.1, 0.15) is 0 Å². The van der Waals surface area contributed by atoms with E-state index in [0.717, 1.165) is 31.0 Å². The molecule has 1 atom stereocenters. The third kappa shape index (κ3) is 2.50. The van der Waals surface area contributed by atoms with Crippen LogP contribution in [0.25, 0.3) is 0 Å². The zero-order chi connectivity index (χ0) is 11.7. The summed E-state index contributed by atoms with van der Waals surface area (Å²) >= 11 is 1.93. The maximum Gasteiger partial charge on any atom is 0.228 e. The van der Waals surface area contributed by atoms with E-state index in [1.165, 1.54) is 31.4 Å². The second-order valence-electron chi connectivity index (χ2n) is 5.29. The summed E-state index contributed by atoms with van der Waals surface area (Å²) in [5.74, 6) is 2.83. The van der Waals surface area contributed by atoms with E-state index >= 15 is 0 Å². The smallest absolute Gasteiger partial charge is 0.228 e. The van der Waals surface area contributed by atoms with E-state index in [9.17, 15) is 0 Å². The van der Waals surface area contributed by atoms with Crippen LogP contribution in [0.1, 0.15) is 55.5 Å². The summed E-state index contributed by atoms with van der Waals surface area (Å²) in [5, 5.41) is 4.56. The molecule has 1 saturated heterocycles. The van der Waals surface area contributed by atoms with Gasteiger partial charge in [0.2, 0.25) is 5.89 Å². The highest BCUT2D eigenvalue weighted by atomic mass is 32.2. The minimum absolute atomic E-state index is 0.0907. The summed E-state index contributed by atoms with van der Waals surface area (Å²) in [4.78, 5) is 4.52. The van der Waals surface area contributed by atoms with Crippen LogP contribution in [0.3, 0.4) is 0 Å². The van der Waals surface area contributed by atoms with Crippen molar-refractivity contribution in [1.29, 1.82) is 0 Å². The maximum atomic E-state index is 6.32. The van der Waals surface area contributed by atoms with Crippen molar-refractivity contribution in [3.05, 3.63) is 11.7 Å². The number of hydrogen-bond acceptors (Lipinski definition) is 5. The van der Waals surface area contributed by atoms with Gasteiger partial charge in [0.25, 0.3) is 0 Å². The molecule has 1 aliphatic carbocycles. The molecule has 1 saturated carbocycles. The molecule has 5 heteroatoms.